The maximum absolute atomic E-state index is 12.3. The molecule has 9 heteroatoms. The van der Waals surface area contributed by atoms with Crippen molar-refractivity contribution < 1.29 is 35.5 Å². The molecule has 1 saturated heterocycles. The van der Waals surface area contributed by atoms with Gasteiger partial charge in [0, 0.05) is 31.6 Å². The number of alkyl halides is 3. The number of carbonyl (C=O) groups excluding carboxylic acids is 1. The van der Waals surface area contributed by atoms with Gasteiger partial charge in [0.15, 0.2) is 0 Å². The van der Waals surface area contributed by atoms with Crippen LogP contribution in [0.1, 0.15) is 44.1 Å². The van der Waals surface area contributed by atoms with Crippen LogP contribution in [0, 0.1) is 0 Å². The van der Waals surface area contributed by atoms with Crippen LogP contribution < -0.4 is 9.08 Å². The van der Waals surface area contributed by atoms with E-state index >= 15 is 0 Å². The first-order valence-electron chi connectivity index (χ1n) is 8.57. The Balaban J connectivity index is 1.89. The number of ketones is 1. The number of hydrogen-bond donors (Lipinski definition) is 1. The lowest BCUT2D eigenvalue weighted by Crippen LogP contribution is -3.10. The van der Waals surface area contributed by atoms with Crippen molar-refractivity contribution in [3.05, 3.63) is 29.8 Å². The maximum atomic E-state index is 12.3. The van der Waals surface area contributed by atoms with Crippen LogP contribution >= 0.6 is 0 Å². The molecule has 0 spiro atoms. The standard InChI is InChI=1S/C17H22F3NO4S/c1-13(16(22)5-4-12-21-10-2-3-11-21)14-6-8-15(9-7-14)25-26(23,24)17(18,19)20/h6-9,13H,2-5,10-12H2,1H3/p+1/t13-/m1/s1. The third-order valence-corrected chi connectivity index (χ3v) is 5.60. The fraction of sp³-hybridized carbons (Fsp3) is 0.588. The maximum Gasteiger partial charge on any atom is 0.534 e. The molecule has 1 heterocycles. The Morgan fingerprint density at radius 1 is 1.19 bits per heavy atom. The summed E-state index contributed by atoms with van der Waals surface area (Å²) in [6, 6.07) is 5.07. The Labute approximate surface area is 151 Å². The first-order valence-corrected chi connectivity index (χ1v) is 9.98. The van der Waals surface area contributed by atoms with Crippen LogP contribution in [0.4, 0.5) is 13.2 Å². The summed E-state index contributed by atoms with van der Waals surface area (Å²) in [7, 11) is -5.69. The molecule has 1 aromatic carbocycles. The summed E-state index contributed by atoms with van der Waals surface area (Å²) < 4.78 is 62.9. The van der Waals surface area contributed by atoms with Gasteiger partial charge in [0.05, 0.1) is 19.6 Å². The predicted molar refractivity (Wildman–Crippen MR) is 89.5 cm³/mol. The molecule has 5 nitrogen and oxygen atoms in total. The van der Waals surface area contributed by atoms with Crippen LogP contribution in [-0.4, -0.2) is 39.3 Å². The van der Waals surface area contributed by atoms with Crippen LogP contribution in [0.2, 0.25) is 0 Å². The molecule has 0 saturated carbocycles. The first kappa shape index (κ1) is 20.7. The van der Waals surface area contributed by atoms with Crippen LogP contribution in [0.25, 0.3) is 0 Å². The van der Waals surface area contributed by atoms with Gasteiger partial charge in [-0.05, 0) is 17.7 Å². The van der Waals surface area contributed by atoms with Crippen LogP contribution in [0.15, 0.2) is 24.3 Å². The van der Waals surface area contributed by atoms with Gasteiger partial charge in [0.25, 0.3) is 0 Å². The summed E-state index contributed by atoms with van der Waals surface area (Å²) in [6.07, 6.45) is 3.73. The third kappa shape index (κ3) is 5.44. The minimum atomic E-state index is -5.69. The molecule has 0 aromatic heterocycles. The number of benzene rings is 1. The third-order valence-electron chi connectivity index (χ3n) is 4.62. The number of Topliss-reactive ketones (excluding diaryl/α,β-unsaturated/α-hetero) is 1. The van der Waals surface area contributed by atoms with E-state index in [0.29, 0.717) is 12.0 Å². The molecule has 146 valence electrons. The SMILES string of the molecule is C[C@@H](C(=O)CCC[NH+]1CCCC1)c1ccc(OS(=O)(=O)C(F)(F)F)cc1. The molecule has 0 unspecified atom stereocenters. The second kappa shape index (κ2) is 8.39. The number of halogens is 3. The zero-order valence-electron chi connectivity index (χ0n) is 14.5. The monoisotopic (exact) mass is 394 g/mol. The molecule has 0 aliphatic carbocycles. The number of quaternary nitrogens is 1. The Hall–Kier alpha value is -1.61. The van der Waals surface area contributed by atoms with Gasteiger partial charge in [-0.3, -0.25) is 4.79 Å². The van der Waals surface area contributed by atoms with Gasteiger partial charge in [-0.1, -0.05) is 19.1 Å². The highest BCUT2D eigenvalue weighted by Crippen LogP contribution is 2.28. The normalized spacial score (nSPS) is 17.2. The number of nitrogens with one attached hydrogen (secondary N) is 1. The highest BCUT2D eigenvalue weighted by Gasteiger charge is 2.48. The van der Waals surface area contributed by atoms with Crippen molar-refractivity contribution in [2.24, 2.45) is 0 Å². The lowest BCUT2D eigenvalue weighted by atomic mass is 9.94. The molecule has 2 rings (SSSR count). The van der Waals surface area contributed by atoms with Crippen molar-refractivity contribution in [1.82, 2.24) is 0 Å². The van der Waals surface area contributed by atoms with Gasteiger partial charge >= 0.3 is 15.6 Å². The van der Waals surface area contributed by atoms with Gasteiger partial charge < -0.3 is 9.08 Å². The fourth-order valence-corrected chi connectivity index (χ4v) is 3.48. The van der Waals surface area contributed by atoms with Gasteiger partial charge in [-0.15, -0.1) is 0 Å². The van der Waals surface area contributed by atoms with E-state index in [1.165, 1.54) is 29.9 Å². The second-order valence-corrected chi connectivity index (χ2v) is 8.09. The van der Waals surface area contributed by atoms with E-state index in [0.717, 1.165) is 38.2 Å². The Morgan fingerprint density at radius 3 is 2.31 bits per heavy atom. The number of carbonyl (C=O) groups is 1. The van der Waals surface area contributed by atoms with Gasteiger partial charge in [-0.25, -0.2) is 0 Å². The summed E-state index contributed by atoms with van der Waals surface area (Å²) in [6.45, 7) is 5.02. The van der Waals surface area contributed by atoms with E-state index in [-0.39, 0.29) is 5.78 Å². The molecule has 1 aliphatic heterocycles. The number of hydrogen-bond acceptors (Lipinski definition) is 4. The highest BCUT2D eigenvalue weighted by molar-refractivity contribution is 7.88. The van der Waals surface area contributed by atoms with Crippen molar-refractivity contribution in [3.8, 4) is 5.75 Å². The summed E-state index contributed by atoms with van der Waals surface area (Å²) >= 11 is 0. The molecule has 1 fully saturated rings. The van der Waals surface area contributed by atoms with E-state index in [4.69, 9.17) is 0 Å². The van der Waals surface area contributed by atoms with Gasteiger partial charge in [0.1, 0.15) is 11.5 Å². The summed E-state index contributed by atoms with van der Waals surface area (Å²) in [5, 5.41) is 0. The molecule has 1 atom stereocenters. The Bertz CT molecular complexity index is 711. The summed E-state index contributed by atoms with van der Waals surface area (Å²) in [5.41, 5.74) is -4.87. The molecule has 0 radical (unpaired) electrons. The van der Waals surface area contributed by atoms with E-state index < -0.39 is 27.3 Å². The number of rotatable bonds is 8. The van der Waals surface area contributed by atoms with E-state index in [9.17, 15) is 26.4 Å². The average molecular weight is 394 g/mol. The highest BCUT2D eigenvalue weighted by atomic mass is 32.2. The van der Waals surface area contributed by atoms with Crippen molar-refractivity contribution >= 4 is 15.9 Å². The second-order valence-electron chi connectivity index (χ2n) is 6.55. The molecule has 1 N–H and O–H groups in total. The van der Waals surface area contributed by atoms with Crippen molar-refractivity contribution in [2.75, 3.05) is 19.6 Å². The Kier molecular flexibility index (Phi) is 6.68. The zero-order chi connectivity index (χ0) is 19.4. The van der Waals surface area contributed by atoms with Crippen LogP contribution in [0.3, 0.4) is 0 Å². The summed E-state index contributed by atoms with van der Waals surface area (Å²) in [5.74, 6) is -0.791. The zero-order valence-corrected chi connectivity index (χ0v) is 15.3. The largest absolute Gasteiger partial charge is 0.534 e. The minimum absolute atomic E-state index is 0.0557. The van der Waals surface area contributed by atoms with E-state index in [1.807, 2.05) is 0 Å². The van der Waals surface area contributed by atoms with E-state index in [2.05, 4.69) is 4.18 Å². The Morgan fingerprint density at radius 2 is 1.77 bits per heavy atom. The number of likely N-dealkylation sites (tertiary alicyclic amines) is 1. The average Bonchev–Trinajstić information content (AvgIpc) is 3.07. The van der Waals surface area contributed by atoms with Gasteiger partial charge in [-0.2, -0.15) is 21.6 Å². The fourth-order valence-electron chi connectivity index (χ4n) is 3.03. The predicted octanol–water partition coefficient (Wildman–Crippen LogP) is 2.05. The van der Waals surface area contributed by atoms with Crippen molar-refractivity contribution in [2.45, 2.75) is 44.0 Å². The lowest BCUT2D eigenvalue weighted by molar-refractivity contribution is -0.887. The molecule has 1 aromatic rings. The first-order chi connectivity index (χ1) is 12.1. The minimum Gasteiger partial charge on any atom is -0.376 e. The topological polar surface area (TPSA) is 64.9 Å². The summed E-state index contributed by atoms with van der Waals surface area (Å²) in [4.78, 5) is 13.8. The molecule has 26 heavy (non-hydrogen) atoms. The van der Waals surface area contributed by atoms with Crippen LogP contribution in [-0.2, 0) is 14.9 Å². The van der Waals surface area contributed by atoms with Crippen molar-refractivity contribution in [1.29, 1.82) is 0 Å². The van der Waals surface area contributed by atoms with Gasteiger partial charge in [0.2, 0.25) is 0 Å². The lowest BCUT2D eigenvalue weighted by Gasteiger charge is -2.14. The van der Waals surface area contributed by atoms with Crippen molar-refractivity contribution in [3.63, 3.8) is 0 Å². The quantitative estimate of drug-likeness (QED) is 0.541. The van der Waals surface area contributed by atoms with E-state index in [1.54, 1.807) is 6.92 Å². The smallest absolute Gasteiger partial charge is 0.376 e. The molecular formula is C17H23F3NO4S+. The molecule has 0 bridgehead atoms. The molecular weight excluding hydrogens is 371 g/mol. The molecule has 1 aliphatic rings. The van der Waals surface area contributed by atoms with Crippen LogP contribution in [0.5, 0.6) is 5.75 Å². The molecule has 0 amide bonds.